The largest absolute Gasteiger partial charge is 0.354 e. The van der Waals surface area contributed by atoms with Crippen LogP contribution in [0.15, 0.2) is 112 Å². The molecule has 11 heteroatoms. The van der Waals surface area contributed by atoms with Gasteiger partial charge >= 0.3 is 0 Å². The molecule has 0 saturated carbocycles. The number of hydrogen-bond donors (Lipinski definition) is 1. The number of sulfonamides is 1. The maximum atomic E-state index is 14.5. The van der Waals surface area contributed by atoms with E-state index in [4.69, 9.17) is 23.2 Å². The highest BCUT2D eigenvalue weighted by Gasteiger charge is 2.34. The Morgan fingerprint density at radius 1 is 0.822 bits per heavy atom. The molecule has 4 aromatic carbocycles. The van der Waals surface area contributed by atoms with Crippen molar-refractivity contribution in [3.63, 3.8) is 0 Å². The van der Waals surface area contributed by atoms with Gasteiger partial charge in [0.2, 0.25) is 11.8 Å². The van der Waals surface area contributed by atoms with Crippen LogP contribution < -0.4 is 9.62 Å². The number of nitrogens with zero attached hydrogens (tertiary/aromatic N) is 2. The molecule has 4 rings (SSSR count). The number of halogens is 3. The van der Waals surface area contributed by atoms with Crippen LogP contribution in [0, 0.1) is 5.92 Å². The van der Waals surface area contributed by atoms with Crippen molar-refractivity contribution in [1.29, 1.82) is 0 Å². The molecule has 7 nitrogen and oxygen atoms in total. The zero-order valence-corrected chi connectivity index (χ0v) is 28.8. The van der Waals surface area contributed by atoms with Crippen LogP contribution in [0.3, 0.4) is 0 Å². The summed E-state index contributed by atoms with van der Waals surface area (Å²) in [6.45, 7) is 3.85. The van der Waals surface area contributed by atoms with E-state index < -0.39 is 28.5 Å². The van der Waals surface area contributed by atoms with Gasteiger partial charge in [0.25, 0.3) is 10.0 Å². The second kappa shape index (κ2) is 15.8. The lowest BCUT2D eigenvalue weighted by molar-refractivity contribution is -0.140. The van der Waals surface area contributed by atoms with E-state index in [9.17, 15) is 18.0 Å². The molecule has 4 aromatic rings. The van der Waals surface area contributed by atoms with Crippen molar-refractivity contribution in [2.75, 3.05) is 17.4 Å². The van der Waals surface area contributed by atoms with Gasteiger partial charge in [-0.25, -0.2) is 8.42 Å². The maximum Gasteiger partial charge on any atom is 0.264 e. The van der Waals surface area contributed by atoms with E-state index in [0.717, 1.165) is 19.9 Å². The molecule has 0 fully saturated rings. The molecule has 1 N–H and O–H groups in total. The third kappa shape index (κ3) is 9.56. The lowest BCUT2D eigenvalue weighted by Gasteiger charge is -2.34. The number of amides is 2. The van der Waals surface area contributed by atoms with Crippen LogP contribution in [0.4, 0.5) is 5.69 Å². The van der Waals surface area contributed by atoms with E-state index in [0.29, 0.717) is 6.54 Å². The van der Waals surface area contributed by atoms with Gasteiger partial charge in [0.15, 0.2) is 0 Å². The molecule has 0 aliphatic heterocycles. The van der Waals surface area contributed by atoms with Gasteiger partial charge in [0.1, 0.15) is 12.6 Å². The van der Waals surface area contributed by atoms with Crippen molar-refractivity contribution < 1.29 is 18.0 Å². The molecule has 45 heavy (non-hydrogen) atoms. The molecule has 0 saturated heterocycles. The van der Waals surface area contributed by atoms with Crippen molar-refractivity contribution in [2.24, 2.45) is 5.92 Å². The van der Waals surface area contributed by atoms with Gasteiger partial charge < -0.3 is 10.2 Å². The summed E-state index contributed by atoms with van der Waals surface area (Å²) in [6, 6.07) is 28.1. The van der Waals surface area contributed by atoms with Crippen molar-refractivity contribution in [1.82, 2.24) is 10.2 Å². The van der Waals surface area contributed by atoms with Crippen LogP contribution in [0.2, 0.25) is 10.0 Å². The summed E-state index contributed by atoms with van der Waals surface area (Å²) >= 11 is 16.0. The monoisotopic (exact) mass is 729 g/mol. The van der Waals surface area contributed by atoms with E-state index in [1.54, 1.807) is 18.2 Å². The first kappa shape index (κ1) is 34.5. The van der Waals surface area contributed by atoms with E-state index in [-0.39, 0.29) is 45.4 Å². The first-order valence-corrected chi connectivity index (χ1v) is 17.3. The average molecular weight is 732 g/mol. The minimum Gasteiger partial charge on any atom is -0.354 e. The van der Waals surface area contributed by atoms with E-state index in [1.807, 2.05) is 68.4 Å². The molecular formula is C34H34BrCl2N3O4S. The van der Waals surface area contributed by atoms with Gasteiger partial charge in [-0.1, -0.05) is 114 Å². The number of hydrogen-bond acceptors (Lipinski definition) is 4. The van der Waals surface area contributed by atoms with Gasteiger partial charge in [-0.05, 0) is 59.5 Å². The molecule has 0 radical (unpaired) electrons. The number of nitrogens with one attached hydrogen (secondary N) is 1. The van der Waals surface area contributed by atoms with Crippen LogP contribution in [-0.4, -0.2) is 44.3 Å². The quantitative estimate of drug-likeness (QED) is 0.156. The summed E-state index contributed by atoms with van der Waals surface area (Å²) in [4.78, 5) is 29.8. The molecule has 2 amide bonds. The Morgan fingerprint density at radius 3 is 1.98 bits per heavy atom. The summed E-state index contributed by atoms with van der Waals surface area (Å²) in [5, 5.41) is 3.40. The van der Waals surface area contributed by atoms with E-state index in [2.05, 4.69) is 21.2 Å². The van der Waals surface area contributed by atoms with Gasteiger partial charge in [-0.2, -0.15) is 0 Å². The average Bonchev–Trinajstić information content (AvgIpc) is 3.01. The summed E-state index contributed by atoms with van der Waals surface area (Å²) < 4.78 is 30.0. The highest BCUT2D eigenvalue weighted by molar-refractivity contribution is 9.10. The Kier molecular flexibility index (Phi) is 12.1. The van der Waals surface area contributed by atoms with Crippen LogP contribution in [0.1, 0.15) is 25.0 Å². The van der Waals surface area contributed by atoms with Crippen molar-refractivity contribution in [2.45, 2.75) is 37.8 Å². The van der Waals surface area contributed by atoms with Gasteiger partial charge in [0, 0.05) is 34.0 Å². The Morgan fingerprint density at radius 2 is 1.40 bits per heavy atom. The number of benzene rings is 4. The summed E-state index contributed by atoms with van der Waals surface area (Å²) in [7, 11) is -4.26. The molecule has 0 spiro atoms. The Balaban J connectivity index is 1.81. The number of rotatable bonds is 13. The Hall–Kier alpha value is -3.37. The van der Waals surface area contributed by atoms with Crippen molar-refractivity contribution in [3.05, 3.63) is 129 Å². The fraction of sp³-hybridized carbons (Fsp3) is 0.235. The molecule has 0 bridgehead atoms. The maximum absolute atomic E-state index is 14.5. The smallest absolute Gasteiger partial charge is 0.264 e. The second-order valence-electron chi connectivity index (χ2n) is 10.9. The molecule has 0 heterocycles. The third-order valence-corrected chi connectivity index (χ3v) is 9.72. The van der Waals surface area contributed by atoms with E-state index in [1.165, 1.54) is 35.2 Å². The molecule has 0 aliphatic rings. The predicted octanol–water partition coefficient (Wildman–Crippen LogP) is 7.36. The second-order valence-corrected chi connectivity index (χ2v) is 14.6. The number of anilines is 1. The SMILES string of the molecule is CC(C)CNC(=O)C(Cc1ccccc1)N(Cc1ccc(Br)cc1)C(=O)CN(c1cc(Cl)cc(Cl)c1)S(=O)(=O)c1ccccc1. The third-order valence-electron chi connectivity index (χ3n) is 6.97. The summed E-state index contributed by atoms with van der Waals surface area (Å²) in [6.07, 6.45) is 0.224. The normalized spacial score (nSPS) is 12.0. The van der Waals surface area contributed by atoms with E-state index >= 15 is 0 Å². The van der Waals surface area contributed by atoms with Gasteiger partial charge in [0.05, 0.1) is 10.6 Å². The number of carbonyl (C=O) groups is 2. The predicted molar refractivity (Wildman–Crippen MR) is 184 cm³/mol. The van der Waals surface area contributed by atoms with Crippen molar-refractivity contribution in [3.8, 4) is 0 Å². The lowest BCUT2D eigenvalue weighted by Crippen LogP contribution is -2.53. The Labute approximate surface area is 283 Å². The highest BCUT2D eigenvalue weighted by Crippen LogP contribution is 2.30. The fourth-order valence-electron chi connectivity index (χ4n) is 4.69. The lowest BCUT2D eigenvalue weighted by atomic mass is 10.0. The zero-order valence-electron chi connectivity index (χ0n) is 24.9. The Bertz CT molecular complexity index is 1690. The summed E-state index contributed by atoms with van der Waals surface area (Å²) in [5.41, 5.74) is 1.74. The molecule has 0 aromatic heterocycles. The standard InChI is InChI=1S/C34H34BrCl2N3O4S/c1-24(2)21-38-34(42)32(17-25-9-5-3-6-10-25)39(22-26-13-15-27(35)16-14-26)33(41)23-40(30-19-28(36)18-29(37)20-30)45(43,44)31-11-7-4-8-12-31/h3-16,18-20,24,32H,17,21-23H2,1-2H3,(H,38,42). The first-order chi connectivity index (χ1) is 21.4. The van der Waals surface area contributed by atoms with Crippen LogP contribution in [0.5, 0.6) is 0 Å². The molecule has 236 valence electrons. The van der Waals surface area contributed by atoms with Crippen molar-refractivity contribution >= 4 is 66.7 Å². The fourth-order valence-corrected chi connectivity index (χ4v) is 6.89. The topological polar surface area (TPSA) is 86.8 Å². The molecule has 1 atom stereocenters. The van der Waals surface area contributed by atoms with Crippen LogP contribution >= 0.6 is 39.1 Å². The summed E-state index contributed by atoms with van der Waals surface area (Å²) in [5.74, 6) is -0.725. The highest BCUT2D eigenvalue weighted by atomic mass is 79.9. The zero-order chi connectivity index (χ0) is 32.6. The number of carbonyl (C=O) groups excluding carboxylic acids is 2. The minimum atomic E-state index is -4.26. The molecule has 1 unspecified atom stereocenters. The minimum absolute atomic E-state index is 0.0103. The first-order valence-electron chi connectivity index (χ1n) is 14.3. The molecular weight excluding hydrogens is 697 g/mol. The van der Waals surface area contributed by atoms with Gasteiger partial charge in [-0.3, -0.25) is 13.9 Å². The molecule has 0 aliphatic carbocycles. The van der Waals surface area contributed by atoms with Gasteiger partial charge in [-0.15, -0.1) is 0 Å². The van der Waals surface area contributed by atoms with Crippen LogP contribution in [-0.2, 0) is 32.6 Å². The van der Waals surface area contributed by atoms with Crippen LogP contribution in [0.25, 0.3) is 0 Å².